The molecule has 1 aliphatic rings. The fourth-order valence-corrected chi connectivity index (χ4v) is 2.02. The molecule has 1 saturated carbocycles. The molecule has 0 aliphatic heterocycles. The Balaban J connectivity index is 1.63. The van der Waals surface area contributed by atoms with E-state index in [1.165, 1.54) is 77.0 Å². The Hall–Kier alpha value is 0. The highest BCUT2D eigenvalue weighted by Gasteiger charge is 2.20. The van der Waals surface area contributed by atoms with Gasteiger partial charge >= 0.3 is 0 Å². The van der Waals surface area contributed by atoms with Crippen LogP contribution in [0.5, 0.6) is 0 Å². The van der Waals surface area contributed by atoms with Crippen LogP contribution in [0.25, 0.3) is 0 Å². The first kappa shape index (κ1) is 12.1. The van der Waals surface area contributed by atoms with E-state index in [0.29, 0.717) is 0 Å². The zero-order valence-electron chi connectivity index (χ0n) is 9.99. The third-order valence-electron chi connectivity index (χ3n) is 3.24. The van der Waals surface area contributed by atoms with Crippen LogP contribution >= 0.6 is 0 Å². The largest absolute Gasteiger partial charge is 0.0654 e. The number of hydrogen-bond donors (Lipinski definition) is 0. The molecular weight excluding hydrogens is 168 g/mol. The minimum absolute atomic E-state index is 1.37. The van der Waals surface area contributed by atoms with Crippen molar-refractivity contribution in [2.24, 2.45) is 0 Å². The Morgan fingerprint density at radius 1 is 0.714 bits per heavy atom. The monoisotopic (exact) mass is 195 g/mol. The first-order valence-corrected chi connectivity index (χ1v) is 6.77. The summed E-state index contributed by atoms with van der Waals surface area (Å²) in [5.74, 6) is 1.84. The number of unbranched alkanes of at least 4 members (excludes halogenated alkanes) is 8. The van der Waals surface area contributed by atoms with E-state index >= 15 is 0 Å². The summed E-state index contributed by atoms with van der Waals surface area (Å²) in [6.07, 6.45) is 17.5. The van der Waals surface area contributed by atoms with Gasteiger partial charge in [0.1, 0.15) is 0 Å². The van der Waals surface area contributed by atoms with E-state index in [4.69, 9.17) is 0 Å². The molecule has 14 heavy (non-hydrogen) atoms. The quantitative estimate of drug-likeness (QED) is 0.416. The fraction of sp³-hybridized carbons (Fsp3) is 0.929. The second-order valence-electron chi connectivity index (χ2n) is 4.83. The first-order valence-electron chi connectivity index (χ1n) is 6.77. The van der Waals surface area contributed by atoms with Crippen molar-refractivity contribution in [3.8, 4) is 0 Å². The standard InChI is InChI=1S/C14H27/c1-2-3-4-5-6-7-8-9-10-11-14-12-13-14/h2-13H2,1H3. The van der Waals surface area contributed by atoms with Gasteiger partial charge in [-0.05, 0) is 25.2 Å². The molecule has 0 aromatic heterocycles. The van der Waals surface area contributed by atoms with E-state index < -0.39 is 0 Å². The van der Waals surface area contributed by atoms with Gasteiger partial charge in [-0.15, -0.1) is 0 Å². The lowest BCUT2D eigenvalue weighted by molar-refractivity contribution is 0.563. The van der Waals surface area contributed by atoms with E-state index in [1.54, 1.807) is 0 Å². The Morgan fingerprint density at radius 3 is 1.71 bits per heavy atom. The second-order valence-corrected chi connectivity index (χ2v) is 4.83. The molecule has 0 amide bonds. The second kappa shape index (κ2) is 8.32. The van der Waals surface area contributed by atoms with Crippen LogP contribution in [0.15, 0.2) is 0 Å². The summed E-state index contributed by atoms with van der Waals surface area (Å²) in [7, 11) is 0. The third-order valence-corrected chi connectivity index (χ3v) is 3.24. The van der Waals surface area contributed by atoms with Gasteiger partial charge in [0.15, 0.2) is 0 Å². The van der Waals surface area contributed by atoms with Crippen LogP contribution in [0.3, 0.4) is 0 Å². The van der Waals surface area contributed by atoms with E-state index in [2.05, 4.69) is 6.92 Å². The van der Waals surface area contributed by atoms with Crippen LogP contribution in [0.2, 0.25) is 0 Å². The number of hydrogen-bond acceptors (Lipinski definition) is 0. The van der Waals surface area contributed by atoms with Crippen molar-refractivity contribution in [3.63, 3.8) is 0 Å². The van der Waals surface area contributed by atoms with Crippen molar-refractivity contribution in [2.45, 2.75) is 84.0 Å². The van der Waals surface area contributed by atoms with Crippen molar-refractivity contribution in [1.29, 1.82) is 0 Å². The minimum Gasteiger partial charge on any atom is -0.0654 e. The van der Waals surface area contributed by atoms with Gasteiger partial charge in [-0.2, -0.15) is 0 Å². The van der Waals surface area contributed by atoms with E-state index in [0.717, 1.165) is 0 Å². The summed E-state index contributed by atoms with van der Waals surface area (Å²) in [5, 5.41) is 0. The normalized spacial score (nSPS) is 16.1. The molecule has 1 radical (unpaired) electrons. The summed E-state index contributed by atoms with van der Waals surface area (Å²) < 4.78 is 0. The van der Waals surface area contributed by atoms with Crippen LogP contribution in [0.4, 0.5) is 0 Å². The lowest BCUT2D eigenvalue weighted by Gasteiger charge is -2.01. The molecule has 0 aromatic rings. The molecular formula is C14H27. The SMILES string of the molecule is CCCCCCCCCCC[C]1CC1. The minimum atomic E-state index is 1.37. The molecule has 0 heterocycles. The highest BCUT2D eigenvalue weighted by Crippen LogP contribution is 2.36. The maximum atomic E-state index is 2.29. The molecule has 0 atom stereocenters. The van der Waals surface area contributed by atoms with Crippen LogP contribution in [-0.4, -0.2) is 0 Å². The molecule has 1 aliphatic carbocycles. The molecule has 0 N–H and O–H groups in total. The van der Waals surface area contributed by atoms with Gasteiger partial charge in [0.05, 0.1) is 0 Å². The first-order chi connectivity index (χ1) is 6.93. The van der Waals surface area contributed by atoms with Gasteiger partial charge in [0.25, 0.3) is 0 Å². The van der Waals surface area contributed by atoms with Crippen molar-refractivity contribution >= 4 is 0 Å². The third kappa shape index (κ3) is 7.41. The van der Waals surface area contributed by atoms with Crippen LogP contribution in [-0.2, 0) is 0 Å². The van der Waals surface area contributed by atoms with Gasteiger partial charge in [-0.3, -0.25) is 0 Å². The molecule has 0 bridgehead atoms. The van der Waals surface area contributed by atoms with Gasteiger partial charge in [0, 0.05) is 0 Å². The lowest BCUT2D eigenvalue weighted by Crippen LogP contribution is -1.81. The Morgan fingerprint density at radius 2 is 1.21 bits per heavy atom. The molecule has 0 nitrogen and oxygen atoms in total. The smallest absolute Gasteiger partial charge is 0.0241 e. The molecule has 0 heteroatoms. The maximum absolute atomic E-state index is 2.29. The molecule has 0 spiro atoms. The van der Waals surface area contributed by atoms with E-state index in [-0.39, 0.29) is 0 Å². The van der Waals surface area contributed by atoms with Crippen molar-refractivity contribution in [2.75, 3.05) is 0 Å². The fourth-order valence-electron chi connectivity index (χ4n) is 2.02. The Bertz CT molecular complexity index is 113. The Kier molecular flexibility index (Phi) is 7.17. The molecule has 0 saturated heterocycles. The van der Waals surface area contributed by atoms with Gasteiger partial charge in [0.2, 0.25) is 0 Å². The predicted octanol–water partition coefficient (Wildman–Crippen LogP) is 5.28. The molecule has 83 valence electrons. The zero-order valence-corrected chi connectivity index (χ0v) is 9.99. The Labute approximate surface area is 90.5 Å². The predicted molar refractivity (Wildman–Crippen MR) is 64.3 cm³/mol. The van der Waals surface area contributed by atoms with Crippen LogP contribution in [0, 0.1) is 5.92 Å². The van der Waals surface area contributed by atoms with Gasteiger partial charge in [-0.1, -0.05) is 64.7 Å². The van der Waals surface area contributed by atoms with Crippen molar-refractivity contribution in [1.82, 2.24) is 0 Å². The average molecular weight is 195 g/mol. The summed E-state index contributed by atoms with van der Waals surface area (Å²) in [6.45, 7) is 2.29. The molecule has 1 fully saturated rings. The molecule has 0 unspecified atom stereocenters. The van der Waals surface area contributed by atoms with E-state index in [1.807, 2.05) is 5.92 Å². The highest BCUT2D eigenvalue weighted by atomic mass is 14.3. The molecule has 1 rings (SSSR count). The zero-order chi connectivity index (χ0) is 10.1. The summed E-state index contributed by atoms with van der Waals surface area (Å²) in [4.78, 5) is 0. The van der Waals surface area contributed by atoms with Crippen molar-refractivity contribution < 1.29 is 0 Å². The summed E-state index contributed by atoms with van der Waals surface area (Å²) in [6, 6.07) is 0. The summed E-state index contributed by atoms with van der Waals surface area (Å²) >= 11 is 0. The maximum Gasteiger partial charge on any atom is -0.0241 e. The average Bonchev–Trinajstić information content (AvgIpc) is 2.99. The van der Waals surface area contributed by atoms with E-state index in [9.17, 15) is 0 Å². The summed E-state index contributed by atoms with van der Waals surface area (Å²) in [5.41, 5.74) is 0. The van der Waals surface area contributed by atoms with Gasteiger partial charge in [-0.25, -0.2) is 0 Å². The van der Waals surface area contributed by atoms with Crippen LogP contribution in [0.1, 0.15) is 84.0 Å². The molecule has 0 aromatic carbocycles. The highest BCUT2D eigenvalue weighted by molar-refractivity contribution is 5.04. The van der Waals surface area contributed by atoms with Crippen molar-refractivity contribution in [3.05, 3.63) is 5.92 Å². The van der Waals surface area contributed by atoms with Gasteiger partial charge < -0.3 is 0 Å². The lowest BCUT2D eigenvalue weighted by atomic mass is 10.1. The number of rotatable bonds is 10. The topological polar surface area (TPSA) is 0 Å². The van der Waals surface area contributed by atoms with Crippen LogP contribution < -0.4 is 0 Å².